The van der Waals surface area contributed by atoms with Crippen LogP contribution in [0.5, 0.6) is 0 Å². The number of carbonyl (C=O) groups is 1. The van der Waals surface area contributed by atoms with Crippen molar-refractivity contribution in [3.05, 3.63) is 93.7 Å². The summed E-state index contributed by atoms with van der Waals surface area (Å²) in [7, 11) is 0. The van der Waals surface area contributed by atoms with Crippen LogP contribution in [0.2, 0.25) is 5.02 Å². The van der Waals surface area contributed by atoms with Crippen LogP contribution in [0.1, 0.15) is 21.6 Å². The average Bonchev–Trinajstić information content (AvgIpc) is 3.28. The lowest BCUT2D eigenvalue weighted by Gasteiger charge is -2.11. The highest BCUT2D eigenvalue weighted by atomic mass is 35.5. The Labute approximate surface area is 171 Å². The van der Waals surface area contributed by atoms with Gasteiger partial charge in [-0.05, 0) is 59.3 Å². The topological polar surface area (TPSA) is 34.0 Å². The van der Waals surface area contributed by atoms with E-state index in [1.165, 1.54) is 12.1 Å². The minimum atomic E-state index is -0.267. The fourth-order valence-corrected chi connectivity index (χ4v) is 4.12. The van der Waals surface area contributed by atoms with Crippen molar-refractivity contribution >= 4 is 39.1 Å². The Morgan fingerprint density at radius 1 is 1.04 bits per heavy atom. The molecule has 0 spiro atoms. The highest BCUT2D eigenvalue weighted by Crippen LogP contribution is 2.26. The molecule has 1 amide bonds. The number of carbonyl (C=O) groups excluding carboxylic acids is 1. The SMILES string of the molecule is O=C(NCCc1ccc(Cl)cc1)c1cc2sccc2n1Cc1ccc(F)cc1. The van der Waals surface area contributed by atoms with Crippen LogP contribution in [-0.4, -0.2) is 17.0 Å². The molecule has 0 aliphatic heterocycles. The molecular weight excluding hydrogens is 395 g/mol. The molecule has 142 valence electrons. The van der Waals surface area contributed by atoms with Crippen LogP contribution in [0.15, 0.2) is 66.0 Å². The minimum absolute atomic E-state index is 0.112. The monoisotopic (exact) mass is 412 g/mol. The van der Waals surface area contributed by atoms with E-state index in [-0.39, 0.29) is 11.7 Å². The smallest absolute Gasteiger partial charge is 0.267 e. The quantitative estimate of drug-likeness (QED) is 0.444. The van der Waals surface area contributed by atoms with Gasteiger partial charge in [-0.3, -0.25) is 4.79 Å². The van der Waals surface area contributed by atoms with Crippen molar-refractivity contribution in [2.75, 3.05) is 6.54 Å². The molecule has 2 heterocycles. The first-order valence-corrected chi connectivity index (χ1v) is 10.2. The number of amides is 1. The first-order chi connectivity index (χ1) is 13.6. The highest BCUT2D eigenvalue weighted by Gasteiger charge is 2.16. The molecule has 0 aliphatic rings. The van der Waals surface area contributed by atoms with Gasteiger partial charge < -0.3 is 9.88 Å². The number of aromatic nitrogens is 1. The van der Waals surface area contributed by atoms with Crippen molar-refractivity contribution in [3.63, 3.8) is 0 Å². The average molecular weight is 413 g/mol. The second kappa shape index (κ2) is 8.17. The molecule has 1 N–H and O–H groups in total. The largest absolute Gasteiger partial charge is 0.350 e. The lowest BCUT2D eigenvalue weighted by molar-refractivity contribution is 0.0946. The summed E-state index contributed by atoms with van der Waals surface area (Å²) in [4.78, 5) is 12.8. The van der Waals surface area contributed by atoms with Gasteiger partial charge >= 0.3 is 0 Å². The molecular formula is C22H18ClFN2OS. The molecule has 2 aromatic heterocycles. The number of fused-ring (bicyclic) bond motifs is 1. The van der Waals surface area contributed by atoms with Gasteiger partial charge in [0.05, 0.1) is 10.2 Å². The number of nitrogens with one attached hydrogen (secondary N) is 1. The predicted octanol–water partition coefficient (Wildman–Crippen LogP) is 5.52. The molecule has 0 unspecified atom stereocenters. The third kappa shape index (κ3) is 4.11. The van der Waals surface area contributed by atoms with E-state index in [1.807, 2.05) is 46.3 Å². The lowest BCUT2D eigenvalue weighted by atomic mass is 10.1. The molecule has 3 nitrogen and oxygen atoms in total. The van der Waals surface area contributed by atoms with E-state index in [4.69, 9.17) is 11.6 Å². The zero-order valence-corrected chi connectivity index (χ0v) is 16.6. The Kier molecular flexibility index (Phi) is 5.46. The summed E-state index contributed by atoms with van der Waals surface area (Å²) < 4.78 is 16.2. The van der Waals surface area contributed by atoms with Crippen molar-refractivity contribution in [1.82, 2.24) is 9.88 Å². The predicted molar refractivity (Wildman–Crippen MR) is 113 cm³/mol. The molecule has 0 radical (unpaired) electrons. The van der Waals surface area contributed by atoms with E-state index in [0.29, 0.717) is 23.8 Å². The van der Waals surface area contributed by atoms with Crippen LogP contribution in [0.25, 0.3) is 10.2 Å². The fourth-order valence-electron chi connectivity index (χ4n) is 3.17. The number of hydrogen-bond acceptors (Lipinski definition) is 2. The third-order valence-corrected chi connectivity index (χ3v) is 5.73. The first-order valence-electron chi connectivity index (χ1n) is 8.94. The zero-order chi connectivity index (χ0) is 19.5. The fraction of sp³-hybridized carbons (Fsp3) is 0.136. The number of thiophene rings is 1. The molecule has 0 aliphatic carbocycles. The van der Waals surface area contributed by atoms with Gasteiger partial charge in [0, 0.05) is 18.1 Å². The van der Waals surface area contributed by atoms with Gasteiger partial charge in [-0.15, -0.1) is 11.3 Å². The third-order valence-electron chi connectivity index (χ3n) is 4.62. The maximum atomic E-state index is 13.2. The minimum Gasteiger partial charge on any atom is -0.350 e. The molecule has 0 saturated heterocycles. The first kappa shape index (κ1) is 18.7. The van der Waals surface area contributed by atoms with Crippen molar-refractivity contribution in [3.8, 4) is 0 Å². The van der Waals surface area contributed by atoms with E-state index in [0.717, 1.165) is 27.8 Å². The van der Waals surface area contributed by atoms with Crippen molar-refractivity contribution in [2.45, 2.75) is 13.0 Å². The number of hydrogen-bond donors (Lipinski definition) is 1. The summed E-state index contributed by atoms with van der Waals surface area (Å²) in [6, 6.07) is 17.9. The normalized spacial score (nSPS) is 11.1. The molecule has 28 heavy (non-hydrogen) atoms. The van der Waals surface area contributed by atoms with Gasteiger partial charge in [-0.1, -0.05) is 35.9 Å². The summed E-state index contributed by atoms with van der Waals surface area (Å²) in [5.41, 5.74) is 3.69. The summed E-state index contributed by atoms with van der Waals surface area (Å²) >= 11 is 7.51. The van der Waals surface area contributed by atoms with Crippen LogP contribution >= 0.6 is 22.9 Å². The molecule has 6 heteroatoms. The van der Waals surface area contributed by atoms with Gasteiger partial charge in [0.25, 0.3) is 5.91 Å². The maximum Gasteiger partial charge on any atom is 0.267 e. The van der Waals surface area contributed by atoms with Gasteiger partial charge in [0.15, 0.2) is 0 Å². The Balaban J connectivity index is 1.50. The van der Waals surface area contributed by atoms with E-state index in [1.54, 1.807) is 23.5 Å². The lowest BCUT2D eigenvalue weighted by Crippen LogP contribution is -2.28. The molecule has 0 saturated carbocycles. The molecule has 2 aromatic carbocycles. The molecule has 0 atom stereocenters. The van der Waals surface area contributed by atoms with E-state index >= 15 is 0 Å². The standard InChI is InChI=1S/C22H18ClFN2OS/c23-17-5-1-15(2-6-17)9-11-25-22(27)20-13-21-19(10-12-28-21)26(20)14-16-3-7-18(24)8-4-16/h1-8,10,12-13H,9,11,14H2,(H,25,27). The van der Waals surface area contributed by atoms with Crippen molar-refractivity contribution < 1.29 is 9.18 Å². The summed E-state index contributed by atoms with van der Waals surface area (Å²) in [5, 5.41) is 5.71. The van der Waals surface area contributed by atoms with Crippen molar-refractivity contribution in [1.29, 1.82) is 0 Å². The number of benzene rings is 2. The summed E-state index contributed by atoms with van der Waals surface area (Å²) in [6.07, 6.45) is 0.732. The van der Waals surface area contributed by atoms with E-state index in [9.17, 15) is 9.18 Å². The van der Waals surface area contributed by atoms with Gasteiger partial charge in [0.1, 0.15) is 11.5 Å². The second-order valence-electron chi connectivity index (χ2n) is 6.54. The second-order valence-corrected chi connectivity index (χ2v) is 7.93. The van der Waals surface area contributed by atoms with Crippen LogP contribution in [0, 0.1) is 5.82 Å². The molecule has 0 bridgehead atoms. The number of rotatable bonds is 6. The van der Waals surface area contributed by atoms with Crippen LogP contribution in [0.3, 0.4) is 0 Å². The van der Waals surface area contributed by atoms with E-state index in [2.05, 4.69) is 5.32 Å². The molecule has 4 aromatic rings. The van der Waals surface area contributed by atoms with Crippen LogP contribution < -0.4 is 5.32 Å². The summed E-state index contributed by atoms with van der Waals surface area (Å²) in [6.45, 7) is 1.05. The Hall–Kier alpha value is -2.63. The van der Waals surface area contributed by atoms with Crippen LogP contribution in [-0.2, 0) is 13.0 Å². The van der Waals surface area contributed by atoms with Crippen molar-refractivity contribution in [2.24, 2.45) is 0 Å². The van der Waals surface area contributed by atoms with Gasteiger partial charge in [-0.25, -0.2) is 4.39 Å². The van der Waals surface area contributed by atoms with Crippen LogP contribution in [0.4, 0.5) is 4.39 Å². The Morgan fingerprint density at radius 3 is 2.50 bits per heavy atom. The number of nitrogens with zero attached hydrogens (tertiary/aromatic N) is 1. The van der Waals surface area contributed by atoms with Gasteiger partial charge in [0.2, 0.25) is 0 Å². The van der Waals surface area contributed by atoms with Gasteiger partial charge in [-0.2, -0.15) is 0 Å². The Bertz CT molecular complexity index is 1100. The highest BCUT2D eigenvalue weighted by molar-refractivity contribution is 7.17. The maximum absolute atomic E-state index is 13.2. The van der Waals surface area contributed by atoms with E-state index < -0.39 is 0 Å². The zero-order valence-electron chi connectivity index (χ0n) is 15.0. The Morgan fingerprint density at radius 2 is 1.75 bits per heavy atom. The molecule has 0 fully saturated rings. The molecule has 4 rings (SSSR count). The number of halogens is 2. The summed E-state index contributed by atoms with van der Waals surface area (Å²) in [5.74, 6) is -0.378.